The molecule has 1 aliphatic carbocycles. The van der Waals surface area contributed by atoms with E-state index >= 15 is 0 Å². The standard InChI is InChI=1S/C15H19N5O/c1-20-14-7-3-6-13(12(14)9-17-20)18-10-4-2-5-11(8-10)19-15(16)21/h2,4-5,8-9,13,18H,3,6-7H2,1H3,(H3,16,19,21). The number of rotatable bonds is 3. The summed E-state index contributed by atoms with van der Waals surface area (Å²) in [6, 6.07) is 7.27. The second kappa shape index (κ2) is 5.47. The van der Waals surface area contributed by atoms with Crippen molar-refractivity contribution in [2.24, 2.45) is 12.8 Å². The lowest BCUT2D eigenvalue weighted by Crippen LogP contribution is -2.20. The Bertz CT molecular complexity index is 664. The number of carbonyl (C=O) groups is 1. The predicted octanol–water partition coefficient (Wildman–Crippen LogP) is 2.40. The number of hydrogen-bond acceptors (Lipinski definition) is 3. The number of nitrogens with zero attached hydrogens (tertiary/aromatic N) is 2. The van der Waals surface area contributed by atoms with Crippen molar-refractivity contribution in [1.29, 1.82) is 0 Å². The van der Waals surface area contributed by atoms with Gasteiger partial charge in [-0.25, -0.2) is 4.79 Å². The highest BCUT2D eigenvalue weighted by Gasteiger charge is 2.23. The van der Waals surface area contributed by atoms with E-state index in [0.29, 0.717) is 5.69 Å². The number of primary amides is 1. The van der Waals surface area contributed by atoms with Gasteiger partial charge in [0.15, 0.2) is 0 Å². The highest BCUT2D eigenvalue weighted by molar-refractivity contribution is 5.88. The minimum absolute atomic E-state index is 0.256. The number of carbonyl (C=O) groups excluding carboxylic acids is 1. The Morgan fingerprint density at radius 2 is 2.24 bits per heavy atom. The number of nitrogens with two attached hydrogens (primary N) is 1. The molecule has 3 rings (SSSR count). The first kappa shape index (κ1) is 13.5. The van der Waals surface area contributed by atoms with E-state index in [9.17, 15) is 4.79 Å². The molecule has 2 aromatic rings. The van der Waals surface area contributed by atoms with E-state index in [-0.39, 0.29) is 6.04 Å². The monoisotopic (exact) mass is 285 g/mol. The summed E-state index contributed by atoms with van der Waals surface area (Å²) in [6.45, 7) is 0. The van der Waals surface area contributed by atoms with Crippen LogP contribution in [0.2, 0.25) is 0 Å². The highest BCUT2D eigenvalue weighted by atomic mass is 16.2. The van der Waals surface area contributed by atoms with Gasteiger partial charge in [-0.15, -0.1) is 0 Å². The Labute approximate surface area is 123 Å². The number of fused-ring (bicyclic) bond motifs is 1. The predicted molar refractivity (Wildman–Crippen MR) is 82.2 cm³/mol. The van der Waals surface area contributed by atoms with E-state index < -0.39 is 6.03 Å². The molecule has 1 heterocycles. The summed E-state index contributed by atoms with van der Waals surface area (Å²) in [7, 11) is 1.98. The van der Waals surface area contributed by atoms with Crippen molar-refractivity contribution < 1.29 is 4.79 Å². The van der Waals surface area contributed by atoms with Crippen LogP contribution in [0.1, 0.15) is 30.1 Å². The van der Waals surface area contributed by atoms with Crippen molar-refractivity contribution in [2.75, 3.05) is 10.6 Å². The number of amides is 2. The third-order valence-electron chi connectivity index (χ3n) is 3.85. The molecule has 1 unspecified atom stereocenters. The largest absolute Gasteiger partial charge is 0.378 e. The summed E-state index contributed by atoms with van der Waals surface area (Å²) in [6.07, 6.45) is 5.24. The summed E-state index contributed by atoms with van der Waals surface area (Å²) < 4.78 is 1.95. The molecule has 4 N–H and O–H groups in total. The van der Waals surface area contributed by atoms with Crippen molar-refractivity contribution in [3.63, 3.8) is 0 Å². The van der Waals surface area contributed by atoms with Gasteiger partial charge in [-0.1, -0.05) is 6.07 Å². The van der Waals surface area contributed by atoms with E-state index in [4.69, 9.17) is 5.73 Å². The lowest BCUT2D eigenvalue weighted by molar-refractivity contribution is 0.259. The number of anilines is 2. The molecule has 0 spiro atoms. The number of aryl methyl sites for hydroxylation is 1. The lowest BCUT2D eigenvalue weighted by atomic mass is 9.93. The molecule has 0 fully saturated rings. The topological polar surface area (TPSA) is 85.0 Å². The van der Waals surface area contributed by atoms with Crippen LogP contribution in [0.15, 0.2) is 30.5 Å². The van der Waals surface area contributed by atoms with Crippen LogP contribution in [0.25, 0.3) is 0 Å². The molecule has 0 bridgehead atoms. The molecule has 1 aromatic heterocycles. The summed E-state index contributed by atoms with van der Waals surface area (Å²) in [5.41, 5.74) is 9.35. The maximum atomic E-state index is 10.9. The zero-order valence-corrected chi connectivity index (χ0v) is 12.0. The first-order valence-corrected chi connectivity index (χ1v) is 7.07. The van der Waals surface area contributed by atoms with E-state index in [1.54, 1.807) is 0 Å². The quantitative estimate of drug-likeness (QED) is 0.809. The molecule has 1 aliphatic rings. The van der Waals surface area contributed by atoms with Gasteiger partial charge in [0.25, 0.3) is 0 Å². The van der Waals surface area contributed by atoms with E-state index in [1.807, 2.05) is 42.2 Å². The van der Waals surface area contributed by atoms with Crippen LogP contribution < -0.4 is 16.4 Å². The summed E-state index contributed by atoms with van der Waals surface area (Å²) >= 11 is 0. The first-order valence-electron chi connectivity index (χ1n) is 7.07. The fourth-order valence-corrected chi connectivity index (χ4v) is 2.89. The molecule has 6 nitrogen and oxygen atoms in total. The van der Waals surface area contributed by atoms with E-state index in [1.165, 1.54) is 11.3 Å². The SMILES string of the molecule is Cn1ncc2c1CCCC2Nc1cccc(NC(N)=O)c1. The first-order chi connectivity index (χ1) is 10.1. The van der Waals surface area contributed by atoms with Crippen LogP contribution in [0.3, 0.4) is 0 Å². The molecule has 0 radical (unpaired) electrons. The summed E-state index contributed by atoms with van der Waals surface area (Å²) in [4.78, 5) is 10.9. The second-order valence-corrected chi connectivity index (χ2v) is 5.33. The Morgan fingerprint density at radius 3 is 3.05 bits per heavy atom. The third-order valence-corrected chi connectivity index (χ3v) is 3.85. The van der Waals surface area contributed by atoms with Gasteiger partial charge < -0.3 is 16.4 Å². The molecular weight excluding hydrogens is 266 g/mol. The van der Waals surface area contributed by atoms with Gasteiger partial charge >= 0.3 is 6.03 Å². The van der Waals surface area contributed by atoms with Crippen LogP contribution in [0.4, 0.5) is 16.2 Å². The second-order valence-electron chi connectivity index (χ2n) is 5.33. The molecule has 0 aliphatic heterocycles. The number of nitrogens with one attached hydrogen (secondary N) is 2. The van der Waals surface area contributed by atoms with Crippen molar-refractivity contribution in [2.45, 2.75) is 25.3 Å². The van der Waals surface area contributed by atoms with Gasteiger partial charge in [0, 0.05) is 29.7 Å². The normalized spacial score (nSPS) is 17.1. The van der Waals surface area contributed by atoms with E-state index in [2.05, 4.69) is 15.7 Å². The van der Waals surface area contributed by atoms with Gasteiger partial charge in [-0.05, 0) is 37.5 Å². The Hall–Kier alpha value is -2.50. The molecule has 1 aromatic carbocycles. The molecule has 110 valence electrons. The molecule has 21 heavy (non-hydrogen) atoms. The lowest BCUT2D eigenvalue weighted by Gasteiger charge is -2.25. The average Bonchev–Trinajstić information content (AvgIpc) is 2.82. The highest BCUT2D eigenvalue weighted by Crippen LogP contribution is 2.32. The molecule has 1 atom stereocenters. The molecule has 0 saturated heterocycles. The van der Waals surface area contributed by atoms with Gasteiger partial charge in [0.1, 0.15) is 0 Å². The Balaban J connectivity index is 1.80. The van der Waals surface area contributed by atoms with Crippen molar-refractivity contribution in [1.82, 2.24) is 9.78 Å². The zero-order chi connectivity index (χ0) is 14.8. The number of aromatic nitrogens is 2. The molecular formula is C15H19N5O. The van der Waals surface area contributed by atoms with Crippen LogP contribution in [-0.2, 0) is 13.5 Å². The van der Waals surface area contributed by atoms with Crippen LogP contribution in [0.5, 0.6) is 0 Å². The van der Waals surface area contributed by atoms with E-state index in [0.717, 1.165) is 24.9 Å². The van der Waals surface area contributed by atoms with Gasteiger partial charge in [0.05, 0.1) is 12.2 Å². The Morgan fingerprint density at radius 1 is 1.43 bits per heavy atom. The van der Waals surface area contributed by atoms with Gasteiger partial charge in [-0.3, -0.25) is 4.68 Å². The third kappa shape index (κ3) is 2.84. The van der Waals surface area contributed by atoms with Crippen LogP contribution in [0, 0.1) is 0 Å². The maximum Gasteiger partial charge on any atom is 0.316 e. The maximum absolute atomic E-state index is 10.9. The average molecular weight is 285 g/mol. The van der Waals surface area contributed by atoms with Crippen molar-refractivity contribution in [3.05, 3.63) is 41.7 Å². The summed E-state index contributed by atoms with van der Waals surface area (Å²) in [5, 5.41) is 10.5. The Kier molecular flexibility index (Phi) is 3.51. The van der Waals surface area contributed by atoms with Crippen molar-refractivity contribution in [3.8, 4) is 0 Å². The van der Waals surface area contributed by atoms with Crippen LogP contribution >= 0.6 is 0 Å². The minimum atomic E-state index is -0.556. The van der Waals surface area contributed by atoms with Gasteiger partial charge in [-0.2, -0.15) is 5.10 Å². The molecule has 0 saturated carbocycles. The minimum Gasteiger partial charge on any atom is -0.378 e. The number of benzene rings is 1. The van der Waals surface area contributed by atoms with Gasteiger partial charge in [0.2, 0.25) is 0 Å². The van der Waals surface area contributed by atoms with Crippen LogP contribution in [-0.4, -0.2) is 15.8 Å². The fraction of sp³-hybridized carbons (Fsp3) is 0.333. The number of hydrogen-bond donors (Lipinski definition) is 3. The number of urea groups is 1. The fourth-order valence-electron chi connectivity index (χ4n) is 2.89. The van der Waals surface area contributed by atoms with Crippen molar-refractivity contribution >= 4 is 17.4 Å². The smallest absolute Gasteiger partial charge is 0.316 e. The summed E-state index contributed by atoms with van der Waals surface area (Å²) in [5.74, 6) is 0. The molecule has 6 heteroatoms. The zero-order valence-electron chi connectivity index (χ0n) is 12.0. The molecule has 2 amide bonds.